The predicted octanol–water partition coefficient (Wildman–Crippen LogP) is 1.43. The Morgan fingerprint density at radius 1 is 1.47 bits per heavy atom. The summed E-state index contributed by atoms with van der Waals surface area (Å²) in [5.74, 6) is -0.386. The Kier molecular flexibility index (Phi) is 5.18. The van der Waals surface area contributed by atoms with Gasteiger partial charge in [0.1, 0.15) is 5.25 Å². The number of amides is 1. The summed E-state index contributed by atoms with van der Waals surface area (Å²) in [6.07, 6.45) is 6.58. The summed E-state index contributed by atoms with van der Waals surface area (Å²) in [4.78, 5) is 11.7. The van der Waals surface area contributed by atoms with Crippen molar-refractivity contribution in [3.8, 4) is 0 Å². The van der Waals surface area contributed by atoms with E-state index in [0.29, 0.717) is 6.54 Å². The lowest BCUT2D eigenvalue weighted by molar-refractivity contribution is -0.120. The lowest BCUT2D eigenvalue weighted by Crippen LogP contribution is -2.39. The second-order valence-corrected chi connectivity index (χ2v) is 7.03. The summed E-state index contributed by atoms with van der Waals surface area (Å²) in [6, 6.07) is 0. The summed E-state index contributed by atoms with van der Waals surface area (Å²) >= 11 is 0. The van der Waals surface area contributed by atoms with Gasteiger partial charge < -0.3 is 5.32 Å². The molecule has 0 aromatic carbocycles. The van der Waals surface area contributed by atoms with E-state index in [1.54, 1.807) is 6.92 Å². The normalized spacial score (nSPS) is 18.4. The van der Waals surface area contributed by atoms with E-state index >= 15 is 0 Å². The van der Waals surface area contributed by atoms with Crippen LogP contribution in [0.1, 0.15) is 39.5 Å². The van der Waals surface area contributed by atoms with Gasteiger partial charge in [-0.1, -0.05) is 18.6 Å². The fourth-order valence-corrected chi connectivity index (χ4v) is 2.73. The Labute approximate surface area is 103 Å². The summed E-state index contributed by atoms with van der Waals surface area (Å²) < 4.78 is 23.0. The molecule has 0 aromatic rings. The van der Waals surface area contributed by atoms with Crippen molar-refractivity contribution in [1.82, 2.24) is 5.32 Å². The van der Waals surface area contributed by atoms with Gasteiger partial charge in [-0.2, -0.15) is 0 Å². The van der Waals surface area contributed by atoms with Gasteiger partial charge >= 0.3 is 0 Å². The Hall–Kier alpha value is -0.840. The first-order valence-corrected chi connectivity index (χ1v) is 7.86. The number of nitrogens with one attached hydrogen (secondary N) is 1. The van der Waals surface area contributed by atoms with Crippen LogP contribution in [0.15, 0.2) is 11.6 Å². The summed E-state index contributed by atoms with van der Waals surface area (Å²) in [5.41, 5.74) is 1.21. The molecule has 17 heavy (non-hydrogen) atoms. The zero-order chi connectivity index (χ0) is 12.9. The maximum Gasteiger partial charge on any atom is 0.238 e. The average Bonchev–Trinajstić information content (AvgIpc) is 2.36. The van der Waals surface area contributed by atoms with Gasteiger partial charge in [-0.15, -0.1) is 0 Å². The number of carbonyl (C=O) groups excluding carboxylic acids is 1. The Balaban J connectivity index is 2.47. The van der Waals surface area contributed by atoms with E-state index in [0.717, 1.165) is 19.3 Å². The molecule has 1 amide bonds. The average molecular weight is 259 g/mol. The van der Waals surface area contributed by atoms with Crippen LogP contribution in [0.5, 0.6) is 0 Å². The van der Waals surface area contributed by atoms with Gasteiger partial charge in [-0.25, -0.2) is 8.42 Å². The van der Waals surface area contributed by atoms with E-state index in [1.807, 2.05) is 0 Å². The molecule has 0 saturated heterocycles. The second-order valence-electron chi connectivity index (χ2n) is 4.42. The third-order valence-electron chi connectivity index (χ3n) is 3.18. The number of hydrogen-bond acceptors (Lipinski definition) is 3. The monoisotopic (exact) mass is 259 g/mol. The molecule has 1 atom stereocenters. The molecule has 0 spiro atoms. The highest BCUT2D eigenvalue weighted by Gasteiger charge is 2.25. The molecule has 0 heterocycles. The predicted molar refractivity (Wildman–Crippen MR) is 68.5 cm³/mol. The molecule has 0 aromatic heterocycles. The van der Waals surface area contributed by atoms with E-state index in [4.69, 9.17) is 0 Å². The van der Waals surface area contributed by atoms with Crippen molar-refractivity contribution < 1.29 is 13.2 Å². The molecule has 0 bridgehead atoms. The molecule has 1 rings (SSSR count). The standard InChI is InChI=1S/C12H21NO3S/c1-3-17(15,16)10(2)12(14)13-9-11-7-5-4-6-8-11/h7,10H,3-6,8-9H2,1-2H3,(H,13,14)/t10-/m0/s1. The van der Waals surface area contributed by atoms with Crippen molar-refractivity contribution in [1.29, 1.82) is 0 Å². The Morgan fingerprint density at radius 2 is 2.18 bits per heavy atom. The molecule has 0 unspecified atom stereocenters. The van der Waals surface area contributed by atoms with Crippen molar-refractivity contribution in [2.24, 2.45) is 0 Å². The first-order valence-electron chi connectivity index (χ1n) is 6.14. The SMILES string of the molecule is CCS(=O)(=O)[C@@H](C)C(=O)NCC1=CCCCC1. The minimum absolute atomic E-state index is 0.00425. The van der Waals surface area contributed by atoms with Crippen LogP contribution < -0.4 is 5.32 Å². The highest BCUT2D eigenvalue weighted by Crippen LogP contribution is 2.16. The molecular weight excluding hydrogens is 238 g/mol. The van der Waals surface area contributed by atoms with E-state index in [9.17, 15) is 13.2 Å². The quantitative estimate of drug-likeness (QED) is 0.760. The fraction of sp³-hybridized carbons (Fsp3) is 0.750. The molecule has 98 valence electrons. The summed E-state index contributed by atoms with van der Waals surface area (Å²) in [6.45, 7) is 3.49. The van der Waals surface area contributed by atoms with Crippen molar-refractivity contribution in [3.05, 3.63) is 11.6 Å². The van der Waals surface area contributed by atoms with Gasteiger partial charge in [0.05, 0.1) is 0 Å². The molecule has 0 saturated carbocycles. The van der Waals surface area contributed by atoms with Gasteiger partial charge in [0.15, 0.2) is 9.84 Å². The second kappa shape index (κ2) is 6.19. The van der Waals surface area contributed by atoms with Crippen LogP contribution in [0.25, 0.3) is 0 Å². The number of carbonyl (C=O) groups is 1. The molecular formula is C12H21NO3S. The van der Waals surface area contributed by atoms with E-state index in [1.165, 1.54) is 18.9 Å². The maximum atomic E-state index is 11.7. The van der Waals surface area contributed by atoms with Gasteiger partial charge in [0.2, 0.25) is 5.91 Å². The highest BCUT2D eigenvalue weighted by molar-refractivity contribution is 7.92. The third-order valence-corrected chi connectivity index (χ3v) is 5.28. The molecule has 0 fully saturated rings. The number of hydrogen-bond donors (Lipinski definition) is 1. The topological polar surface area (TPSA) is 63.2 Å². The molecule has 4 nitrogen and oxygen atoms in total. The molecule has 0 radical (unpaired) electrons. The molecule has 1 N–H and O–H groups in total. The van der Waals surface area contributed by atoms with E-state index in [-0.39, 0.29) is 5.75 Å². The van der Waals surface area contributed by atoms with Crippen LogP contribution in [-0.2, 0) is 14.6 Å². The van der Waals surface area contributed by atoms with Crippen LogP contribution >= 0.6 is 0 Å². The Bertz CT molecular complexity index is 398. The number of sulfone groups is 1. The minimum atomic E-state index is -3.28. The lowest BCUT2D eigenvalue weighted by atomic mass is 10.00. The number of rotatable bonds is 5. The fourth-order valence-electron chi connectivity index (χ4n) is 1.82. The smallest absolute Gasteiger partial charge is 0.238 e. The minimum Gasteiger partial charge on any atom is -0.351 e. The van der Waals surface area contributed by atoms with Crippen LogP contribution in [0, 0.1) is 0 Å². The van der Waals surface area contributed by atoms with Crippen LogP contribution in [-0.4, -0.2) is 31.9 Å². The third kappa shape index (κ3) is 4.15. The maximum absolute atomic E-state index is 11.7. The van der Waals surface area contributed by atoms with Crippen LogP contribution in [0.2, 0.25) is 0 Å². The van der Waals surface area contributed by atoms with E-state index < -0.39 is 21.0 Å². The summed E-state index contributed by atoms with van der Waals surface area (Å²) in [7, 11) is -3.28. The first-order chi connectivity index (χ1) is 7.97. The van der Waals surface area contributed by atoms with Gasteiger partial charge in [0, 0.05) is 12.3 Å². The Morgan fingerprint density at radius 3 is 2.71 bits per heavy atom. The van der Waals surface area contributed by atoms with Crippen molar-refractivity contribution in [3.63, 3.8) is 0 Å². The van der Waals surface area contributed by atoms with Crippen molar-refractivity contribution in [2.75, 3.05) is 12.3 Å². The lowest BCUT2D eigenvalue weighted by Gasteiger charge is -2.15. The summed E-state index contributed by atoms with van der Waals surface area (Å²) in [5, 5.41) is 1.76. The molecule has 1 aliphatic carbocycles. The highest BCUT2D eigenvalue weighted by atomic mass is 32.2. The molecule has 1 aliphatic rings. The molecule has 5 heteroatoms. The molecule has 0 aliphatic heterocycles. The van der Waals surface area contributed by atoms with Crippen LogP contribution in [0.3, 0.4) is 0 Å². The first kappa shape index (κ1) is 14.2. The van der Waals surface area contributed by atoms with Gasteiger partial charge in [-0.3, -0.25) is 4.79 Å². The largest absolute Gasteiger partial charge is 0.351 e. The number of allylic oxidation sites excluding steroid dienone is 1. The van der Waals surface area contributed by atoms with Gasteiger partial charge in [0.25, 0.3) is 0 Å². The van der Waals surface area contributed by atoms with Crippen molar-refractivity contribution in [2.45, 2.75) is 44.8 Å². The zero-order valence-electron chi connectivity index (χ0n) is 10.5. The van der Waals surface area contributed by atoms with Crippen LogP contribution in [0.4, 0.5) is 0 Å². The van der Waals surface area contributed by atoms with Crippen molar-refractivity contribution >= 4 is 15.7 Å². The van der Waals surface area contributed by atoms with Gasteiger partial charge in [-0.05, 0) is 32.6 Å². The zero-order valence-corrected chi connectivity index (χ0v) is 11.3. The van der Waals surface area contributed by atoms with E-state index in [2.05, 4.69) is 11.4 Å².